The molecule has 0 aliphatic carbocycles. The lowest BCUT2D eigenvalue weighted by Crippen LogP contribution is -2.33. The van der Waals surface area contributed by atoms with E-state index in [1.807, 2.05) is 14.1 Å². The molecule has 0 aromatic carbocycles. The van der Waals surface area contributed by atoms with Crippen LogP contribution in [0.5, 0.6) is 0 Å². The van der Waals surface area contributed by atoms with E-state index < -0.39 is 0 Å². The molecule has 0 unspecified atom stereocenters. The van der Waals surface area contributed by atoms with E-state index in [0.717, 1.165) is 36.9 Å². The van der Waals surface area contributed by atoms with Gasteiger partial charge < -0.3 is 10.0 Å². The van der Waals surface area contributed by atoms with Gasteiger partial charge in [-0.2, -0.15) is 0 Å². The SMILES string of the molecule is Cc1nc(N(C)C)sc1CN(CCCO)CC(C)(C)C. The minimum atomic E-state index is 0.255. The molecule has 0 saturated heterocycles. The average molecular weight is 299 g/mol. The summed E-state index contributed by atoms with van der Waals surface area (Å²) in [4.78, 5) is 10.4. The van der Waals surface area contributed by atoms with Gasteiger partial charge in [-0.05, 0) is 18.8 Å². The van der Waals surface area contributed by atoms with Gasteiger partial charge in [-0.1, -0.05) is 20.8 Å². The monoisotopic (exact) mass is 299 g/mol. The molecule has 4 nitrogen and oxygen atoms in total. The highest BCUT2D eigenvalue weighted by molar-refractivity contribution is 7.15. The Morgan fingerprint density at radius 3 is 2.35 bits per heavy atom. The van der Waals surface area contributed by atoms with Crippen molar-refractivity contribution in [1.82, 2.24) is 9.88 Å². The summed E-state index contributed by atoms with van der Waals surface area (Å²) in [5, 5.41) is 10.1. The van der Waals surface area contributed by atoms with Crippen molar-refractivity contribution in [3.63, 3.8) is 0 Å². The van der Waals surface area contributed by atoms with Crippen LogP contribution >= 0.6 is 11.3 Å². The zero-order valence-electron chi connectivity index (χ0n) is 13.7. The summed E-state index contributed by atoms with van der Waals surface area (Å²) in [7, 11) is 4.06. The molecule has 1 heterocycles. The Morgan fingerprint density at radius 1 is 1.25 bits per heavy atom. The summed E-state index contributed by atoms with van der Waals surface area (Å²) in [5.74, 6) is 0. The first-order valence-corrected chi connectivity index (χ1v) is 8.01. The van der Waals surface area contributed by atoms with E-state index in [4.69, 9.17) is 5.11 Å². The lowest BCUT2D eigenvalue weighted by Gasteiger charge is -2.29. The van der Waals surface area contributed by atoms with Gasteiger partial charge in [0.1, 0.15) is 0 Å². The second-order valence-corrected chi connectivity index (χ2v) is 7.81. The molecule has 1 aromatic rings. The number of hydrogen-bond acceptors (Lipinski definition) is 5. The number of rotatable bonds is 7. The van der Waals surface area contributed by atoms with Crippen LogP contribution in [0.25, 0.3) is 0 Å². The van der Waals surface area contributed by atoms with Crippen LogP contribution in [0.4, 0.5) is 5.13 Å². The van der Waals surface area contributed by atoms with Gasteiger partial charge in [-0.25, -0.2) is 4.98 Å². The van der Waals surface area contributed by atoms with Crippen LogP contribution in [0.2, 0.25) is 0 Å². The summed E-state index contributed by atoms with van der Waals surface area (Å²) in [5.41, 5.74) is 1.39. The fourth-order valence-electron chi connectivity index (χ4n) is 2.13. The Hall–Kier alpha value is -0.650. The van der Waals surface area contributed by atoms with Crippen LogP contribution in [0.1, 0.15) is 37.8 Å². The standard InChI is InChI=1S/C15H29N3OS/c1-12-13(20-14(16-12)17(5)6)10-18(8-7-9-19)11-15(2,3)4/h19H,7-11H2,1-6H3. The lowest BCUT2D eigenvalue weighted by atomic mass is 9.96. The van der Waals surface area contributed by atoms with E-state index in [2.05, 4.69) is 42.5 Å². The number of hydrogen-bond donors (Lipinski definition) is 1. The molecule has 5 heteroatoms. The fourth-order valence-corrected chi connectivity index (χ4v) is 3.16. The van der Waals surface area contributed by atoms with E-state index in [1.54, 1.807) is 11.3 Å². The van der Waals surface area contributed by atoms with Gasteiger partial charge in [0.15, 0.2) is 5.13 Å². The lowest BCUT2D eigenvalue weighted by molar-refractivity contribution is 0.167. The van der Waals surface area contributed by atoms with Crippen molar-refractivity contribution in [2.24, 2.45) is 5.41 Å². The molecule has 0 atom stereocenters. The highest BCUT2D eigenvalue weighted by Gasteiger charge is 2.19. The number of aryl methyl sites for hydroxylation is 1. The predicted molar refractivity (Wildman–Crippen MR) is 87.6 cm³/mol. The zero-order valence-corrected chi connectivity index (χ0v) is 14.5. The minimum Gasteiger partial charge on any atom is -0.396 e. The molecule has 0 saturated carbocycles. The van der Waals surface area contributed by atoms with Gasteiger partial charge in [0.2, 0.25) is 0 Å². The molecule has 20 heavy (non-hydrogen) atoms. The zero-order chi connectivity index (χ0) is 15.3. The third kappa shape index (κ3) is 5.77. The van der Waals surface area contributed by atoms with E-state index >= 15 is 0 Å². The number of aromatic nitrogens is 1. The molecule has 0 aliphatic heterocycles. The molecule has 0 amide bonds. The van der Waals surface area contributed by atoms with Crippen molar-refractivity contribution in [3.05, 3.63) is 10.6 Å². The summed E-state index contributed by atoms with van der Waals surface area (Å²) in [6.07, 6.45) is 0.828. The Kier molecular flexibility index (Phi) is 6.43. The second-order valence-electron chi connectivity index (χ2n) is 6.75. The van der Waals surface area contributed by atoms with E-state index in [9.17, 15) is 0 Å². The van der Waals surface area contributed by atoms with Crippen LogP contribution < -0.4 is 4.90 Å². The van der Waals surface area contributed by atoms with Gasteiger partial charge in [0, 0.05) is 45.2 Å². The van der Waals surface area contributed by atoms with Crippen LogP contribution in [-0.2, 0) is 6.54 Å². The molecule has 0 spiro atoms. The Bertz CT molecular complexity index is 410. The summed E-state index contributed by atoms with van der Waals surface area (Å²) >= 11 is 1.77. The quantitative estimate of drug-likeness (QED) is 0.840. The summed E-state index contributed by atoms with van der Waals surface area (Å²) in [6.45, 7) is 12.0. The van der Waals surface area contributed by atoms with Crippen molar-refractivity contribution in [1.29, 1.82) is 0 Å². The van der Waals surface area contributed by atoms with E-state index in [0.29, 0.717) is 0 Å². The smallest absolute Gasteiger partial charge is 0.185 e. The molecule has 0 aliphatic rings. The molecule has 1 N–H and O–H groups in total. The maximum atomic E-state index is 9.07. The number of anilines is 1. The van der Waals surface area contributed by atoms with Crippen molar-refractivity contribution < 1.29 is 5.11 Å². The number of aliphatic hydroxyl groups is 1. The van der Waals surface area contributed by atoms with E-state index in [-0.39, 0.29) is 12.0 Å². The van der Waals surface area contributed by atoms with Crippen LogP contribution in [0, 0.1) is 12.3 Å². The summed E-state index contributed by atoms with van der Waals surface area (Å²) < 4.78 is 0. The highest BCUT2D eigenvalue weighted by atomic mass is 32.1. The van der Waals surface area contributed by atoms with Gasteiger partial charge in [0.25, 0.3) is 0 Å². The molecule has 0 fully saturated rings. The molecule has 0 bridgehead atoms. The first-order chi connectivity index (χ1) is 9.23. The Labute approximate surface area is 127 Å². The average Bonchev–Trinajstić information content (AvgIpc) is 2.66. The Balaban J connectivity index is 2.77. The number of aliphatic hydroxyl groups excluding tert-OH is 1. The largest absolute Gasteiger partial charge is 0.396 e. The number of nitrogens with zero attached hydrogens (tertiary/aromatic N) is 3. The fraction of sp³-hybridized carbons (Fsp3) is 0.800. The maximum Gasteiger partial charge on any atom is 0.185 e. The van der Waals surface area contributed by atoms with Crippen molar-refractivity contribution >= 4 is 16.5 Å². The van der Waals surface area contributed by atoms with Gasteiger partial charge in [-0.15, -0.1) is 11.3 Å². The van der Waals surface area contributed by atoms with Crippen molar-refractivity contribution in [3.8, 4) is 0 Å². The van der Waals surface area contributed by atoms with Crippen LogP contribution in [-0.4, -0.2) is 48.8 Å². The second kappa shape index (κ2) is 7.38. The first-order valence-electron chi connectivity index (χ1n) is 7.20. The highest BCUT2D eigenvalue weighted by Crippen LogP contribution is 2.27. The normalized spacial score (nSPS) is 12.2. The molecule has 116 valence electrons. The first kappa shape index (κ1) is 17.4. The Morgan fingerprint density at radius 2 is 1.90 bits per heavy atom. The molecular weight excluding hydrogens is 270 g/mol. The van der Waals surface area contributed by atoms with Crippen LogP contribution in [0.3, 0.4) is 0 Å². The third-order valence-corrected chi connectivity index (χ3v) is 4.27. The maximum absolute atomic E-state index is 9.07. The third-order valence-electron chi connectivity index (χ3n) is 2.96. The molecular formula is C15H29N3OS. The number of thiazole rings is 1. The van der Waals surface area contributed by atoms with Crippen molar-refractivity contribution in [2.45, 2.75) is 40.7 Å². The molecule has 0 radical (unpaired) electrons. The van der Waals surface area contributed by atoms with E-state index in [1.165, 1.54) is 4.88 Å². The van der Waals surface area contributed by atoms with Gasteiger partial charge >= 0.3 is 0 Å². The van der Waals surface area contributed by atoms with Gasteiger partial charge in [-0.3, -0.25) is 4.90 Å². The molecule has 1 rings (SSSR count). The predicted octanol–water partition coefficient (Wildman–Crippen LogP) is 2.75. The summed E-state index contributed by atoms with van der Waals surface area (Å²) in [6, 6.07) is 0. The van der Waals surface area contributed by atoms with Gasteiger partial charge in [0.05, 0.1) is 5.69 Å². The van der Waals surface area contributed by atoms with Crippen LogP contribution in [0.15, 0.2) is 0 Å². The molecule has 1 aromatic heterocycles. The minimum absolute atomic E-state index is 0.255. The van der Waals surface area contributed by atoms with Crippen molar-refractivity contribution in [2.75, 3.05) is 38.7 Å². The topological polar surface area (TPSA) is 39.6 Å².